The summed E-state index contributed by atoms with van der Waals surface area (Å²) in [6, 6.07) is 8.96. The van der Waals surface area contributed by atoms with Gasteiger partial charge < -0.3 is 10.0 Å². The van der Waals surface area contributed by atoms with E-state index >= 15 is 0 Å². The number of carbonyl (C=O) groups is 1. The molecule has 0 bridgehead atoms. The molecule has 16 heavy (non-hydrogen) atoms. The van der Waals surface area contributed by atoms with Crippen molar-refractivity contribution in [3.63, 3.8) is 0 Å². The molecule has 0 radical (unpaired) electrons. The van der Waals surface area contributed by atoms with Crippen LogP contribution < -0.4 is 4.90 Å². The Morgan fingerprint density at radius 3 is 2.56 bits per heavy atom. The van der Waals surface area contributed by atoms with E-state index in [4.69, 9.17) is 22.0 Å². The van der Waals surface area contributed by atoms with E-state index in [1.54, 1.807) is 29.2 Å². The fourth-order valence-electron chi connectivity index (χ4n) is 1.27. The van der Waals surface area contributed by atoms with E-state index in [-0.39, 0.29) is 13.0 Å². The molecule has 0 spiro atoms. The number of benzene rings is 1. The highest BCUT2D eigenvalue weighted by Gasteiger charge is 2.07. The van der Waals surface area contributed by atoms with E-state index < -0.39 is 5.97 Å². The molecule has 0 unspecified atom stereocenters. The van der Waals surface area contributed by atoms with Gasteiger partial charge in [-0.05, 0) is 24.3 Å². The molecule has 0 saturated heterocycles. The van der Waals surface area contributed by atoms with E-state index in [1.165, 1.54) is 0 Å². The Labute approximate surface area is 98.7 Å². The minimum Gasteiger partial charge on any atom is -0.481 e. The van der Waals surface area contributed by atoms with E-state index in [2.05, 4.69) is 0 Å². The number of anilines is 1. The SMILES string of the molecule is N#CCN(CCC(=O)O)c1ccc(Cl)cc1. The van der Waals surface area contributed by atoms with Crippen LogP contribution in [0.15, 0.2) is 24.3 Å². The number of rotatable bonds is 5. The first-order valence-electron chi connectivity index (χ1n) is 4.72. The van der Waals surface area contributed by atoms with Crippen molar-refractivity contribution in [1.82, 2.24) is 0 Å². The van der Waals surface area contributed by atoms with Gasteiger partial charge in [0.05, 0.1) is 12.5 Å². The van der Waals surface area contributed by atoms with Crippen LogP contribution >= 0.6 is 11.6 Å². The lowest BCUT2D eigenvalue weighted by atomic mass is 10.2. The summed E-state index contributed by atoms with van der Waals surface area (Å²) in [5.41, 5.74) is 0.798. The molecule has 0 aliphatic heterocycles. The molecule has 1 rings (SSSR count). The smallest absolute Gasteiger partial charge is 0.305 e. The van der Waals surface area contributed by atoms with Crippen molar-refractivity contribution in [3.8, 4) is 6.07 Å². The van der Waals surface area contributed by atoms with Crippen LogP contribution in [0.25, 0.3) is 0 Å². The zero-order valence-electron chi connectivity index (χ0n) is 8.56. The molecule has 0 amide bonds. The number of hydrogen-bond acceptors (Lipinski definition) is 3. The lowest BCUT2D eigenvalue weighted by molar-refractivity contribution is -0.136. The van der Waals surface area contributed by atoms with Crippen LogP contribution in [0.5, 0.6) is 0 Å². The second-order valence-electron chi connectivity index (χ2n) is 3.20. The van der Waals surface area contributed by atoms with Gasteiger partial charge in [0.15, 0.2) is 0 Å². The molecule has 84 valence electrons. The summed E-state index contributed by atoms with van der Waals surface area (Å²) in [5, 5.41) is 17.9. The molecule has 4 nitrogen and oxygen atoms in total. The number of nitrogens with zero attached hydrogens (tertiary/aromatic N) is 2. The highest BCUT2D eigenvalue weighted by atomic mass is 35.5. The quantitative estimate of drug-likeness (QED) is 0.799. The van der Waals surface area contributed by atoms with E-state index in [0.29, 0.717) is 11.6 Å². The maximum absolute atomic E-state index is 10.5. The maximum atomic E-state index is 10.5. The number of aliphatic carboxylic acids is 1. The third-order valence-electron chi connectivity index (χ3n) is 2.05. The maximum Gasteiger partial charge on any atom is 0.305 e. The fraction of sp³-hybridized carbons (Fsp3) is 0.273. The molecule has 1 aromatic rings. The predicted molar refractivity (Wildman–Crippen MR) is 61.5 cm³/mol. The van der Waals surface area contributed by atoms with Gasteiger partial charge in [0.2, 0.25) is 0 Å². The number of nitriles is 1. The average Bonchev–Trinajstić information content (AvgIpc) is 2.25. The molecule has 5 heteroatoms. The minimum absolute atomic E-state index is 0.00427. The Bertz CT molecular complexity index is 397. The third-order valence-corrected chi connectivity index (χ3v) is 2.30. The Kier molecular flexibility index (Phi) is 4.62. The number of carboxylic acids is 1. The number of halogens is 1. The zero-order chi connectivity index (χ0) is 12.0. The van der Waals surface area contributed by atoms with Crippen LogP contribution in [0.4, 0.5) is 5.69 Å². The minimum atomic E-state index is -0.878. The lowest BCUT2D eigenvalue weighted by Gasteiger charge is -2.20. The largest absolute Gasteiger partial charge is 0.481 e. The van der Waals surface area contributed by atoms with E-state index in [9.17, 15) is 4.79 Å². The fourth-order valence-corrected chi connectivity index (χ4v) is 1.39. The van der Waals surface area contributed by atoms with Crippen molar-refractivity contribution < 1.29 is 9.90 Å². The predicted octanol–water partition coefficient (Wildman–Crippen LogP) is 2.14. The standard InChI is InChI=1S/C11H11ClN2O2/c12-9-1-3-10(4-2-9)14(8-6-13)7-5-11(15)16/h1-4H,5,7-8H2,(H,15,16). The summed E-state index contributed by atoms with van der Waals surface area (Å²) in [6.07, 6.45) is 0.00427. The summed E-state index contributed by atoms with van der Waals surface area (Å²) in [4.78, 5) is 12.2. The molecule has 1 aromatic carbocycles. The van der Waals surface area contributed by atoms with Crippen molar-refractivity contribution in [3.05, 3.63) is 29.3 Å². The van der Waals surface area contributed by atoms with E-state index in [1.807, 2.05) is 6.07 Å². The summed E-state index contributed by atoms with van der Waals surface area (Å²) < 4.78 is 0. The van der Waals surface area contributed by atoms with Gasteiger partial charge in [0, 0.05) is 17.3 Å². The average molecular weight is 239 g/mol. The van der Waals surface area contributed by atoms with Crippen molar-refractivity contribution in [1.29, 1.82) is 5.26 Å². The molecular weight excluding hydrogens is 228 g/mol. The van der Waals surface area contributed by atoms with Crippen LogP contribution in [-0.2, 0) is 4.79 Å². The molecule has 1 N–H and O–H groups in total. The van der Waals surface area contributed by atoms with Crippen LogP contribution in [0.2, 0.25) is 5.02 Å². The van der Waals surface area contributed by atoms with Gasteiger partial charge in [-0.2, -0.15) is 5.26 Å². The molecule has 0 aromatic heterocycles. The highest BCUT2D eigenvalue weighted by molar-refractivity contribution is 6.30. The van der Waals surface area contributed by atoms with Crippen molar-refractivity contribution in [2.75, 3.05) is 18.0 Å². The van der Waals surface area contributed by atoms with Gasteiger partial charge in [-0.1, -0.05) is 11.6 Å². The van der Waals surface area contributed by atoms with Crippen molar-refractivity contribution in [2.24, 2.45) is 0 Å². The van der Waals surface area contributed by atoms with Crippen LogP contribution in [0.3, 0.4) is 0 Å². The van der Waals surface area contributed by atoms with Crippen LogP contribution in [0.1, 0.15) is 6.42 Å². The first-order valence-corrected chi connectivity index (χ1v) is 5.10. The highest BCUT2D eigenvalue weighted by Crippen LogP contribution is 2.17. The molecular formula is C11H11ClN2O2. The van der Waals surface area contributed by atoms with Gasteiger partial charge in [0.1, 0.15) is 6.54 Å². The van der Waals surface area contributed by atoms with Crippen molar-refractivity contribution in [2.45, 2.75) is 6.42 Å². The Balaban J connectivity index is 2.73. The topological polar surface area (TPSA) is 64.3 Å². The Morgan fingerprint density at radius 1 is 1.44 bits per heavy atom. The second kappa shape index (κ2) is 5.99. The summed E-state index contributed by atoms with van der Waals surface area (Å²) in [5.74, 6) is -0.878. The summed E-state index contributed by atoms with van der Waals surface area (Å²) in [7, 11) is 0. The van der Waals surface area contributed by atoms with Gasteiger partial charge in [-0.15, -0.1) is 0 Å². The molecule has 0 heterocycles. The zero-order valence-corrected chi connectivity index (χ0v) is 9.31. The van der Waals surface area contributed by atoms with Crippen LogP contribution in [-0.4, -0.2) is 24.2 Å². The number of hydrogen-bond donors (Lipinski definition) is 1. The Hall–Kier alpha value is -1.73. The van der Waals surface area contributed by atoms with Gasteiger partial charge in [-0.3, -0.25) is 4.79 Å². The van der Waals surface area contributed by atoms with Crippen LogP contribution in [0, 0.1) is 11.3 Å². The normalized spacial score (nSPS) is 9.50. The van der Waals surface area contributed by atoms with Crippen molar-refractivity contribution >= 4 is 23.3 Å². The molecule has 0 atom stereocenters. The van der Waals surface area contributed by atoms with Gasteiger partial charge in [-0.25, -0.2) is 0 Å². The summed E-state index contributed by atoms with van der Waals surface area (Å²) >= 11 is 5.74. The first-order chi connectivity index (χ1) is 7.63. The second-order valence-corrected chi connectivity index (χ2v) is 3.64. The van der Waals surface area contributed by atoms with Gasteiger partial charge >= 0.3 is 5.97 Å². The number of carboxylic acid groups (broad SMARTS) is 1. The molecule has 0 aliphatic rings. The molecule has 0 saturated carbocycles. The first kappa shape index (κ1) is 12.3. The molecule has 0 fully saturated rings. The monoisotopic (exact) mass is 238 g/mol. The lowest BCUT2D eigenvalue weighted by Crippen LogP contribution is -2.26. The Morgan fingerprint density at radius 2 is 2.06 bits per heavy atom. The van der Waals surface area contributed by atoms with Gasteiger partial charge in [0.25, 0.3) is 0 Å². The van der Waals surface area contributed by atoms with E-state index in [0.717, 1.165) is 5.69 Å². The third kappa shape index (κ3) is 3.79. The summed E-state index contributed by atoms with van der Waals surface area (Å²) in [6.45, 7) is 0.472. The molecule has 0 aliphatic carbocycles.